The molecule has 1 aliphatic rings. The predicted molar refractivity (Wildman–Crippen MR) is 119 cm³/mol. The molecule has 0 fully saturated rings. The van der Waals surface area contributed by atoms with Gasteiger partial charge in [-0.1, -0.05) is 35.5 Å². The number of fused-ring (bicyclic) bond motifs is 1. The summed E-state index contributed by atoms with van der Waals surface area (Å²) in [4.78, 5) is 14.4. The minimum absolute atomic E-state index is 0.0443. The van der Waals surface area contributed by atoms with Crippen molar-refractivity contribution in [3.8, 4) is 17.2 Å². The minimum atomic E-state index is -0.223. The molecule has 1 aromatic heterocycles. The third-order valence-corrected chi connectivity index (χ3v) is 5.72. The quantitative estimate of drug-likeness (QED) is 0.428. The lowest BCUT2D eigenvalue weighted by Gasteiger charge is -2.30. The van der Waals surface area contributed by atoms with Crippen molar-refractivity contribution in [2.45, 2.75) is 24.9 Å². The molecular weight excluding hydrogens is 454 g/mol. The molecule has 3 aromatic rings. The smallest absolute Gasteiger partial charge is 0.277 e. The van der Waals surface area contributed by atoms with E-state index in [-0.39, 0.29) is 24.4 Å². The first-order chi connectivity index (χ1) is 15.6. The van der Waals surface area contributed by atoms with Gasteiger partial charge in [-0.15, -0.1) is 10.2 Å². The summed E-state index contributed by atoms with van der Waals surface area (Å²) in [6.07, 6.45) is -0.223. The lowest BCUT2D eigenvalue weighted by Crippen LogP contribution is -2.44. The summed E-state index contributed by atoms with van der Waals surface area (Å²) < 4.78 is 22.8. The van der Waals surface area contributed by atoms with Gasteiger partial charge in [0.15, 0.2) is 24.2 Å². The number of hydrogen-bond donors (Lipinski definition) is 0. The van der Waals surface area contributed by atoms with Crippen molar-refractivity contribution in [3.63, 3.8) is 0 Å². The molecule has 1 unspecified atom stereocenters. The topological polar surface area (TPSA) is 86.9 Å². The Morgan fingerprint density at radius 2 is 1.97 bits per heavy atom. The van der Waals surface area contributed by atoms with E-state index in [1.807, 2.05) is 31.2 Å². The average molecular weight is 476 g/mol. The van der Waals surface area contributed by atoms with Gasteiger partial charge in [-0.2, -0.15) is 0 Å². The number of rotatable bonds is 9. The van der Waals surface area contributed by atoms with Gasteiger partial charge in [0.1, 0.15) is 12.4 Å². The number of carbonyl (C=O) groups is 1. The summed E-state index contributed by atoms with van der Waals surface area (Å²) in [6.45, 7) is 3.46. The van der Waals surface area contributed by atoms with Crippen molar-refractivity contribution in [2.75, 3.05) is 25.4 Å². The average Bonchev–Trinajstić information content (AvgIpc) is 3.28. The Morgan fingerprint density at radius 1 is 1.19 bits per heavy atom. The van der Waals surface area contributed by atoms with E-state index in [2.05, 4.69) is 10.2 Å². The van der Waals surface area contributed by atoms with Gasteiger partial charge in [-0.25, -0.2) is 0 Å². The Labute approximate surface area is 194 Å². The number of ether oxygens (including phenoxy) is 3. The predicted octanol–water partition coefficient (Wildman–Crippen LogP) is 4.08. The van der Waals surface area contributed by atoms with E-state index in [4.69, 9.17) is 30.2 Å². The van der Waals surface area contributed by atoms with Crippen LogP contribution in [-0.4, -0.2) is 52.6 Å². The van der Waals surface area contributed by atoms with Crippen LogP contribution in [-0.2, 0) is 11.4 Å². The first-order valence-electron chi connectivity index (χ1n) is 10.1. The number of carbonyl (C=O) groups excluding carboxylic acids is 1. The van der Waals surface area contributed by atoms with Gasteiger partial charge < -0.3 is 23.5 Å². The maximum absolute atomic E-state index is 12.7. The first-order valence-corrected chi connectivity index (χ1v) is 11.5. The van der Waals surface area contributed by atoms with E-state index in [0.717, 1.165) is 5.75 Å². The summed E-state index contributed by atoms with van der Waals surface area (Å²) in [5.41, 5.74) is 0. The molecule has 1 amide bonds. The number of hydrogen-bond acceptors (Lipinski definition) is 8. The highest BCUT2D eigenvalue weighted by Gasteiger charge is 2.25. The van der Waals surface area contributed by atoms with Crippen molar-refractivity contribution in [1.29, 1.82) is 0 Å². The van der Waals surface area contributed by atoms with Crippen LogP contribution in [0.5, 0.6) is 17.2 Å². The molecule has 168 valence electrons. The van der Waals surface area contributed by atoms with E-state index < -0.39 is 0 Å². The lowest BCUT2D eigenvalue weighted by molar-refractivity contribution is -0.129. The second-order valence-electron chi connectivity index (χ2n) is 6.92. The fraction of sp³-hybridized carbons (Fsp3) is 0.318. The number of amides is 1. The molecule has 4 rings (SSSR count). The summed E-state index contributed by atoms with van der Waals surface area (Å²) in [6, 6.07) is 14.5. The number of likely N-dealkylation sites (N-methyl/N-ethyl adjacent to an activating group) is 1. The Balaban J connectivity index is 1.24. The van der Waals surface area contributed by atoms with Crippen molar-refractivity contribution >= 4 is 29.3 Å². The molecule has 0 radical (unpaired) electrons. The first kappa shape index (κ1) is 22.3. The van der Waals surface area contributed by atoms with Crippen molar-refractivity contribution in [2.24, 2.45) is 0 Å². The van der Waals surface area contributed by atoms with Crippen LogP contribution in [0.3, 0.4) is 0 Å². The van der Waals surface area contributed by atoms with Gasteiger partial charge in [0, 0.05) is 11.6 Å². The summed E-state index contributed by atoms with van der Waals surface area (Å²) >= 11 is 7.05. The van der Waals surface area contributed by atoms with Crippen LogP contribution in [0.4, 0.5) is 0 Å². The third-order valence-electron chi connectivity index (χ3n) is 4.67. The molecule has 0 bridgehead atoms. The molecule has 8 nitrogen and oxygen atoms in total. The summed E-state index contributed by atoms with van der Waals surface area (Å²) in [5.74, 6) is 2.53. The van der Waals surface area contributed by atoms with Crippen LogP contribution in [0.15, 0.2) is 58.2 Å². The SMILES string of the molecule is CCN(CC1COc2ccccc2O1)C(=O)CSc1nnc(COc2ccc(Cl)cc2)o1. The van der Waals surface area contributed by atoms with Crippen molar-refractivity contribution in [1.82, 2.24) is 15.1 Å². The number of benzene rings is 2. The molecule has 0 saturated carbocycles. The third kappa shape index (κ3) is 5.86. The molecule has 0 N–H and O–H groups in total. The Morgan fingerprint density at radius 3 is 2.75 bits per heavy atom. The van der Waals surface area contributed by atoms with E-state index in [1.165, 1.54) is 11.8 Å². The lowest BCUT2D eigenvalue weighted by atomic mass is 10.2. The highest BCUT2D eigenvalue weighted by atomic mass is 35.5. The molecule has 0 aliphatic carbocycles. The normalized spacial score (nSPS) is 14.8. The van der Waals surface area contributed by atoms with Crippen molar-refractivity contribution < 1.29 is 23.4 Å². The Kier molecular flexibility index (Phi) is 7.39. The van der Waals surface area contributed by atoms with Crippen LogP contribution in [0, 0.1) is 0 Å². The van der Waals surface area contributed by atoms with Gasteiger partial charge in [-0.05, 0) is 43.3 Å². The maximum atomic E-state index is 12.7. The number of aromatic nitrogens is 2. The zero-order valence-electron chi connectivity index (χ0n) is 17.4. The molecule has 32 heavy (non-hydrogen) atoms. The van der Waals surface area contributed by atoms with Crippen LogP contribution in [0.25, 0.3) is 0 Å². The van der Waals surface area contributed by atoms with E-state index >= 15 is 0 Å². The fourth-order valence-corrected chi connectivity index (χ4v) is 3.86. The molecule has 1 atom stereocenters. The standard InChI is InChI=1S/C22H22ClN3O5S/c1-2-26(11-17-12-29-18-5-3-4-6-19(18)30-17)21(27)14-32-22-25-24-20(31-22)13-28-16-9-7-15(23)8-10-16/h3-10,17H,2,11-14H2,1H3. The molecule has 2 heterocycles. The second-order valence-corrected chi connectivity index (χ2v) is 8.29. The highest BCUT2D eigenvalue weighted by molar-refractivity contribution is 7.99. The number of halogens is 1. The zero-order chi connectivity index (χ0) is 22.3. The molecule has 1 aliphatic heterocycles. The number of nitrogens with zero attached hydrogens (tertiary/aromatic N) is 3. The van der Waals surface area contributed by atoms with Crippen molar-refractivity contribution in [3.05, 3.63) is 59.4 Å². The monoisotopic (exact) mass is 475 g/mol. The van der Waals surface area contributed by atoms with Crippen LogP contribution in [0.1, 0.15) is 12.8 Å². The molecule has 0 saturated heterocycles. The molecular formula is C22H22ClN3O5S. The van der Waals surface area contributed by atoms with E-state index in [0.29, 0.717) is 47.3 Å². The van der Waals surface area contributed by atoms with E-state index in [9.17, 15) is 4.79 Å². The van der Waals surface area contributed by atoms with E-state index in [1.54, 1.807) is 29.2 Å². The van der Waals surface area contributed by atoms with Crippen LogP contribution >= 0.6 is 23.4 Å². The van der Waals surface area contributed by atoms with Gasteiger partial charge >= 0.3 is 0 Å². The summed E-state index contributed by atoms with van der Waals surface area (Å²) in [7, 11) is 0. The molecule has 0 spiro atoms. The van der Waals surface area contributed by atoms with Gasteiger partial charge in [-0.3, -0.25) is 4.79 Å². The van der Waals surface area contributed by atoms with Crippen LogP contribution in [0.2, 0.25) is 5.02 Å². The largest absolute Gasteiger partial charge is 0.486 e. The molecule has 2 aromatic carbocycles. The summed E-state index contributed by atoms with van der Waals surface area (Å²) in [5, 5.41) is 8.87. The maximum Gasteiger partial charge on any atom is 0.277 e. The number of para-hydroxylation sites is 2. The zero-order valence-corrected chi connectivity index (χ0v) is 19.0. The Bertz CT molecular complexity index is 1050. The minimum Gasteiger partial charge on any atom is -0.486 e. The highest BCUT2D eigenvalue weighted by Crippen LogP contribution is 2.31. The van der Waals surface area contributed by atoms with Gasteiger partial charge in [0.2, 0.25) is 5.91 Å². The van der Waals surface area contributed by atoms with Gasteiger partial charge in [0.05, 0.1) is 12.3 Å². The second kappa shape index (κ2) is 10.6. The van der Waals surface area contributed by atoms with Gasteiger partial charge in [0.25, 0.3) is 11.1 Å². The molecule has 10 heteroatoms. The number of thioether (sulfide) groups is 1. The fourth-order valence-electron chi connectivity index (χ4n) is 3.05. The Hall–Kier alpha value is -2.91. The van der Waals surface area contributed by atoms with Crippen LogP contribution < -0.4 is 14.2 Å².